The summed E-state index contributed by atoms with van der Waals surface area (Å²) in [6.45, 7) is 5.60. The lowest BCUT2D eigenvalue weighted by molar-refractivity contribution is -0.137. The van der Waals surface area contributed by atoms with Crippen molar-refractivity contribution in [1.29, 1.82) is 0 Å². The molecule has 1 aliphatic rings. The van der Waals surface area contributed by atoms with Gasteiger partial charge in [-0.15, -0.1) is 0 Å². The summed E-state index contributed by atoms with van der Waals surface area (Å²) in [7, 11) is 0. The lowest BCUT2D eigenvalue weighted by atomic mass is 10.1. The van der Waals surface area contributed by atoms with Crippen LogP contribution in [0.25, 0.3) is 11.1 Å². The molecule has 3 aromatic rings. The van der Waals surface area contributed by atoms with E-state index in [1.807, 2.05) is 11.8 Å². The van der Waals surface area contributed by atoms with Gasteiger partial charge in [-0.2, -0.15) is 18.2 Å². The number of thiazole rings is 1. The van der Waals surface area contributed by atoms with Crippen LogP contribution in [0.3, 0.4) is 0 Å². The van der Waals surface area contributed by atoms with Crippen LogP contribution in [0, 0.1) is 0 Å². The third-order valence-corrected chi connectivity index (χ3v) is 5.96. The fourth-order valence-corrected chi connectivity index (χ4v) is 4.31. The first kappa shape index (κ1) is 22.3. The number of nitrogens with zero attached hydrogens (tertiary/aromatic N) is 3. The van der Waals surface area contributed by atoms with Crippen molar-refractivity contribution in [1.82, 2.24) is 15.3 Å². The maximum atomic E-state index is 13.0. The number of halogens is 3. The molecule has 172 valence electrons. The van der Waals surface area contributed by atoms with E-state index in [4.69, 9.17) is 4.42 Å². The molecule has 32 heavy (non-hydrogen) atoms. The Labute approximate surface area is 185 Å². The van der Waals surface area contributed by atoms with Crippen molar-refractivity contribution < 1.29 is 27.5 Å². The summed E-state index contributed by atoms with van der Waals surface area (Å²) < 4.78 is 44.7. The minimum absolute atomic E-state index is 0.0587. The molecule has 12 heteroatoms. The standard InChI is InChI=1S/C20H22F3N5O3S/c1-10-6-13-15(32-17(25-13)27-16(29)24-9-19(2,3)30)8-28(10)18-26-12-7-11(20(21,22)23)4-5-14(12)31-18/h4-5,7,10,30H,6,8-9H2,1-3H3,(H2,24,25,27,29)/t10-/m1/s1. The number of nitrogens with one attached hydrogen (secondary N) is 2. The van der Waals surface area contributed by atoms with Crippen molar-refractivity contribution in [3.05, 3.63) is 34.3 Å². The zero-order chi connectivity index (χ0) is 23.3. The van der Waals surface area contributed by atoms with Gasteiger partial charge in [0.15, 0.2) is 10.7 Å². The average molecular weight is 469 g/mol. The van der Waals surface area contributed by atoms with Crippen LogP contribution in [0.1, 0.15) is 36.9 Å². The van der Waals surface area contributed by atoms with Crippen LogP contribution in [0.4, 0.5) is 29.1 Å². The second kappa shape index (κ2) is 7.93. The Morgan fingerprint density at radius 1 is 1.34 bits per heavy atom. The zero-order valence-corrected chi connectivity index (χ0v) is 18.4. The number of alkyl halides is 3. The highest BCUT2D eigenvalue weighted by Crippen LogP contribution is 2.36. The highest BCUT2D eigenvalue weighted by atomic mass is 32.1. The monoisotopic (exact) mass is 469 g/mol. The van der Waals surface area contributed by atoms with Gasteiger partial charge in [-0.05, 0) is 39.0 Å². The van der Waals surface area contributed by atoms with Gasteiger partial charge in [0.1, 0.15) is 5.52 Å². The molecule has 1 atom stereocenters. The van der Waals surface area contributed by atoms with Gasteiger partial charge in [-0.25, -0.2) is 9.78 Å². The smallest absolute Gasteiger partial charge is 0.416 e. The maximum Gasteiger partial charge on any atom is 0.416 e. The van der Waals surface area contributed by atoms with Crippen molar-refractivity contribution >= 4 is 39.6 Å². The first-order valence-electron chi connectivity index (χ1n) is 9.89. The Kier molecular flexibility index (Phi) is 5.53. The van der Waals surface area contributed by atoms with E-state index < -0.39 is 23.4 Å². The molecule has 1 aromatic carbocycles. The second-order valence-electron chi connectivity index (χ2n) is 8.37. The van der Waals surface area contributed by atoms with E-state index in [1.165, 1.54) is 17.4 Å². The van der Waals surface area contributed by atoms with Crippen molar-refractivity contribution in [2.75, 3.05) is 16.8 Å². The molecule has 0 saturated heterocycles. The third-order valence-electron chi connectivity index (χ3n) is 4.96. The number of hydrogen-bond donors (Lipinski definition) is 3. The maximum absolute atomic E-state index is 13.0. The number of oxazole rings is 1. The molecule has 1 aliphatic heterocycles. The van der Waals surface area contributed by atoms with Gasteiger partial charge in [-0.3, -0.25) is 5.32 Å². The number of aliphatic hydroxyl groups is 1. The minimum atomic E-state index is -4.45. The molecule has 0 bridgehead atoms. The fraction of sp³-hybridized carbons (Fsp3) is 0.450. The van der Waals surface area contributed by atoms with Crippen LogP contribution in [0.5, 0.6) is 0 Å². The van der Waals surface area contributed by atoms with E-state index in [2.05, 4.69) is 20.6 Å². The van der Waals surface area contributed by atoms with Crippen LogP contribution < -0.4 is 15.5 Å². The van der Waals surface area contributed by atoms with Gasteiger partial charge in [0, 0.05) is 23.9 Å². The van der Waals surface area contributed by atoms with E-state index >= 15 is 0 Å². The van der Waals surface area contributed by atoms with Gasteiger partial charge in [0.05, 0.1) is 23.4 Å². The third kappa shape index (κ3) is 4.80. The molecule has 8 nitrogen and oxygen atoms in total. The van der Waals surface area contributed by atoms with Crippen LogP contribution in [-0.4, -0.2) is 39.3 Å². The van der Waals surface area contributed by atoms with E-state index in [-0.39, 0.29) is 29.7 Å². The number of urea groups is 1. The summed E-state index contributed by atoms with van der Waals surface area (Å²) in [4.78, 5) is 23.6. The van der Waals surface area contributed by atoms with Gasteiger partial charge >= 0.3 is 12.2 Å². The molecular weight excluding hydrogens is 447 g/mol. The summed E-state index contributed by atoms with van der Waals surface area (Å²) >= 11 is 1.30. The van der Waals surface area contributed by atoms with Gasteiger partial charge in [0.2, 0.25) is 0 Å². The Balaban J connectivity index is 1.50. The SMILES string of the molecule is C[C@@H]1Cc2nc(NC(=O)NCC(C)(C)O)sc2CN1c1nc2cc(C(F)(F)F)ccc2o1. The van der Waals surface area contributed by atoms with Crippen molar-refractivity contribution in [3.63, 3.8) is 0 Å². The molecule has 3 N–H and O–H groups in total. The van der Waals surface area contributed by atoms with Crippen LogP contribution in [0.15, 0.2) is 22.6 Å². The normalized spacial score (nSPS) is 16.8. The van der Waals surface area contributed by atoms with Gasteiger partial charge < -0.3 is 19.7 Å². The first-order valence-corrected chi connectivity index (χ1v) is 10.7. The number of benzene rings is 1. The van der Waals surface area contributed by atoms with Crippen LogP contribution in [-0.2, 0) is 19.1 Å². The van der Waals surface area contributed by atoms with E-state index in [0.717, 1.165) is 22.7 Å². The zero-order valence-electron chi connectivity index (χ0n) is 17.6. The summed E-state index contributed by atoms with van der Waals surface area (Å²) in [6.07, 6.45) is -3.89. The van der Waals surface area contributed by atoms with E-state index in [9.17, 15) is 23.1 Å². The molecular formula is C20H22F3N5O3S. The highest BCUT2D eigenvalue weighted by molar-refractivity contribution is 7.15. The number of amides is 2. The molecule has 0 spiro atoms. The molecule has 0 saturated carbocycles. The minimum Gasteiger partial charge on any atom is -0.423 e. The number of rotatable bonds is 4. The van der Waals surface area contributed by atoms with Crippen molar-refractivity contribution in [2.45, 2.75) is 51.6 Å². The molecule has 0 radical (unpaired) electrons. The second-order valence-corrected chi connectivity index (χ2v) is 9.45. The summed E-state index contributed by atoms with van der Waals surface area (Å²) in [5.41, 5.74) is -0.550. The van der Waals surface area contributed by atoms with Gasteiger partial charge in [0.25, 0.3) is 6.01 Å². The molecule has 2 amide bonds. The molecule has 3 heterocycles. The van der Waals surface area contributed by atoms with Crippen LogP contribution >= 0.6 is 11.3 Å². The number of aromatic nitrogens is 2. The lowest BCUT2D eigenvalue weighted by Crippen LogP contribution is -2.40. The van der Waals surface area contributed by atoms with E-state index in [0.29, 0.717) is 18.1 Å². The predicted octanol–water partition coefficient (Wildman–Crippen LogP) is 4.15. The Morgan fingerprint density at radius 2 is 2.09 bits per heavy atom. The van der Waals surface area contributed by atoms with Crippen molar-refractivity contribution in [3.8, 4) is 0 Å². The Bertz CT molecular complexity index is 1150. The Morgan fingerprint density at radius 3 is 2.78 bits per heavy atom. The number of carbonyl (C=O) groups excluding carboxylic acids is 1. The van der Waals surface area contributed by atoms with Crippen molar-refractivity contribution in [2.24, 2.45) is 0 Å². The summed E-state index contributed by atoms with van der Waals surface area (Å²) in [6, 6.07) is 2.93. The first-order chi connectivity index (χ1) is 14.9. The van der Waals surface area contributed by atoms with Crippen LogP contribution in [0.2, 0.25) is 0 Å². The summed E-state index contributed by atoms with van der Waals surface area (Å²) in [5, 5.41) is 15.4. The predicted molar refractivity (Wildman–Crippen MR) is 114 cm³/mol. The Hall–Kier alpha value is -2.86. The molecule has 4 rings (SSSR count). The molecule has 0 fully saturated rings. The summed E-state index contributed by atoms with van der Waals surface area (Å²) in [5.74, 6) is 0. The lowest BCUT2D eigenvalue weighted by Gasteiger charge is -2.31. The number of hydrogen-bond acceptors (Lipinski definition) is 7. The quantitative estimate of drug-likeness (QED) is 0.531. The number of anilines is 2. The van der Waals surface area contributed by atoms with Gasteiger partial charge in [-0.1, -0.05) is 11.3 Å². The number of fused-ring (bicyclic) bond motifs is 2. The largest absolute Gasteiger partial charge is 0.423 e. The molecule has 0 unspecified atom stereocenters. The molecule has 2 aromatic heterocycles. The topological polar surface area (TPSA) is 104 Å². The molecule has 0 aliphatic carbocycles. The van der Waals surface area contributed by atoms with E-state index in [1.54, 1.807) is 13.8 Å². The average Bonchev–Trinajstić information content (AvgIpc) is 3.26. The number of carbonyl (C=O) groups is 1. The highest BCUT2D eigenvalue weighted by Gasteiger charge is 2.33. The fourth-order valence-electron chi connectivity index (χ4n) is 3.33.